The van der Waals surface area contributed by atoms with E-state index in [1.165, 1.54) is 51.9 Å². The average Bonchev–Trinajstić information content (AvgIpc) is 2.57. The van der Waals surface area contributed by atoms with Crippen LogP contribution in [0.2, 0.25) is 0 Å². The van der Waals surface area contributed by atoms with Gasteiger partial charge in [0.05, 0.1) is 0 Å². The Hall–Kier alpha value is -0.0800. The third-order valence-corrected chi connectivity index (χ3v) is 3.21. The van der Waals surface area contributed by atoms with E-state index in [-0.39, 0.29) is 0 Å². The maximum atomic E-state index is 3.47. The van der Waals surface area contributed by atoms with Crippen molar-refractivity contribution in [1.29, 1.82) is 0 Å². The highest BCUT2D eigenvalue weighted by atomic mass is 15.1. The van der Waals surface area contributed by atoms with Gasteiger partial charge in [0.1, 0.15) is 0 Å². The van der Waals surface area contributed by atoms with E-state index >= 15 is 0 Å². The van der Waals surface area contributed by atoms with Crippen LogP contribution in [0.5, 0.6) is 0 Å². The molecule has 2 nitrogen and oxygen atoms in total. The fourth-order valence-corrected chi connectivity index (χ4v) is 2.26. The molecule has 1 saturated heterocycles. The zero-order chi connectivity index (χ0) is 11.1. The summed E-state index contributed by atoms with van der Waals surface area (Å²) < 4.78 is 0. The Balaban J connectivity index is 1.85. The molecule has 0 aliphatic carbocycles. The van der Waals surface area contributed by atoms with Gasteiger partial charge in [-0.2, -0.15) is 0 Å². The van der Waals surface area contributed by atoms with E-state index in [2.05, 4.69) is 31.0 Å². The van der Waals surface area contributed by atoms with Gasteiger partial charge in [0.25, 0.3) is 0 Å². The maximum Gasteiger partial charge on any atom is 0.00103 e. The Bertz CT molecular complexity index is 157. The van der Waals surface area contributed by atoms with Crippen molar-refractivity contribution in [2.75, 3.05) is 26.2 Å². The molecule has 1 fully saturated rings. The normalized spacial score (nSPS) is 22.8. The molecule has 0 amide bonds. The predicted molar refractivity (Wildman–Crippen MR) is 67.2 cm³/mol. The summed E-state index contributed by atoms with van der Waals surface area (Å²) in [5.41, 5.74) is 0. The van der Waals surface area contributed by atoms with E-state index in [1.54, 1.807) is 0 Å². The number of hydrogen-bond acceptors (Lipinski definition) is 2. The maximum absolute atomic E-state index is 3.47. The molecule has 1 unspecified atom stereocenters. The third-order valence-electron chi connectivity index (χ3n) is 3.21. The van der Waals surface area contributed by atoms with Gasteiger partial charge < -0.3 is 10.2 Å². The number of hydrogen-bond donors (Lipinski definition) is 1. The molecule has 0 bridgehead atoms. The van der Waals surface area contributed by atoms with Gasteiger partial charge in [0.2, 0.25) is 0 Å². The predicted octanol–water partition coefficient (Wildman–Crippen LogP) is 2.50. The van der Waals surface area contributed by atoms with Crippen LogP contribution in [0.25, 0.3) is 0 Å². The lowest BCUT2D eigenvalue weighted by molar-refractivity contribution is 0.318. The van der Waals surface area contributed by atoms with E-state index in [4.69, 9.17) is 0 Å². The second-order valence-corrected chi connectivity index (χ2v) is 5.36. The summed E-state index contributed by atoms with van der Waals surface area (Å²) >= 11 is 0. The molecule has 1 aliphatic heterocycles. The van der Waals surface area contributed by atoms with Gasteiger partial charge in [-0.3, -0.25) is 0 Å². The van der Waals surface area contributed by atoms with Crippen molar-refractivity contribution >= 4 is 0 Å². The van der Waals surface area contributed by atoms with Gasteiger partial charge in [-0.25, -0.2) is 0 Å². The first kappa shape index (κ1) is 13.0. The zero-order valence-electron chi connectivity index (χ0n) is 10.8. The third kappa shape index (κ3) is 6.16. The highest BCUT2D eigenvalue weighted by Gasteiger charge is 2.17. The van der Waals surface area contributed by atoms with Crippen LogP contribution in [0, 0.1) is 5.92 Å². The van der Waals surface area contributed by atoms with Crippen molar-refractivity contribution in [2.24, 2.45) is 5.92 Å². The smallest absolute Gasteiger partial charge is 0.00103 e. The first-order valence-electron chi connectivity index (χ1n) is 6.64. The van der Waals surface area contributed by atoms with Gasteiger partial charge in [0.15, 0.2) is 0 Å². The Morgan fingerprint density at radius 3 is 2.67 bits per heavy atom. The topological polar surface area (TPSA) is 15.3 Å². The van der Waals surface area contributed by atoms with Gasteiger partial charge in [-0.05, 0) is 44.8 Å². The van der Waals surface area contributed by atoms with E-state index < -0.39 is 0 Å². The molecule has 1 aliphatic rings. The van der Waals surface area contributed by atoms with Crippen LogP contribution in [-0.4, -0.2) is 37.1 Å². The molecule has 1 rings (SSSR count). The molecule has 1 atom stereocenters. The van der Waals surface area contributed by atoms with Crippen molar-refractivity contribution in [3.63, 3.8) is 0 Å². The second-order valence-electron chi connectivity index (χ2n) is 5.36. The number of nitrogens with zero attached hydrogens (tertiary/aromatic N) is 1. The van der Waals surface area contributed by atoms with Crippen molar-refractivity contribution in [3.8, 4) is 0 Å². The van der Waals surface area contributed by atoms with Crippen LogP contribution in [0.1, 0.15) is 46.5 Å². The molecule has 0 spiro atoms. The number of rotatable bonds is 7. The molecule has 0 aromatic carbocycles. The summed E-state index contributed by atoms with van der Waals surface area (Å²) in [7, 11) is 0. The summed E-state index contributed by atoms with van der Waals surface area (Å²) in [5, 5.41) is 3.47. The van der Waals surface area contributed by atoms with Crippen LogP contribution < -0.4 is 5.32 Å². The fourth-order valence-electron chi connectivity index (χ4n) is 2.26. The molecule has 2 heteroatoms. The van der Waals surface area contributed by atoms with Crippen LogP contribution in [-0.2, 0) is 0 Å². The van der Waals surface area contributed by atoms with Gasteiger partial charge in [-0.15, -0.1) is 0 Å². The standard InChI is InChI=1S/C13H28N2/c1-12(2)14-8-5-4-6-9-15-10-7-13(3)11-15/h12-14H,4-11H2,1-3H3. The summed E-state index contributed by atoms with van der Waals surface area (Å²) in [5.74, 6) is 0.938. The lowest BCUT2D eigenvalue weighted by Crippen LogP contribution is -2.24. The Kier molecular flexibility index (Phi) is 6.26. The van der Waals surface area contributed by atoms with E-state index in [0.29, 0.717) is 6.04 Å². The minimum atomic E-state index is 0.643. The minimum Gasteiger partial charge on any atom is -0.315 e. The van der Waals surface area contributed by atoms with Gasteiger partial charge >= 0.3 is 0 Å². The lowest BCUT2D eigenvalue weighted by atomic mass is 10.2. The Morgan fingerprint density at radius 1 is 1.27 bits per heavy atom. The van der Waals surface area contributed by atoms with Crippen molar-refractivity contribution < 1.29 is 0 Å². The Morgan fingerprint density at radius 2 is 2.07 bits per heavy atom. The summed E-state index contributed by atoms with van der Waals surface area (Å²) in [4.78, 5) is 2.63. The molecular formula is C13H28N2. The van der Waals surface area contributed by atoms with Crippen molar-refractivity contribution in [1.82, 2.24) is 10.2 Å². The van der Waals surface area contributed by atoms with Crippen LogP contribution in [0.3, 0.4) is 0 Å². The highest BCUT2D eigenvalue weighted by Crippen LogP contribution is 2.15. The second kappa shape index (κ2) is 7.24. The highest BCUT2D eigenvalue weighted by molar-refractivity contribution is 4.71. The molecule has 1 N–H and O–H groups in total. The SMILES string of the molecule is CC1CCN(CCCCCNC(C)C)C1. The zero-order valence-corrected chi connectivity index (χ0v) is 10.8. The quantitative estimate of drug-likeness (QED) is 0.652. The largest absolute Gasteiger partial charge is 0.315 e. The lowest BCUT2D eigenvalue weighted by Gasteiger charge is -2.15. The van der Waals surface area contributed by atoms with Crippen LogP contribution in [0.15, 0.2) is 0 Å². The molecule has 0 aromatic rings. The molecule has 0 radical (unpaired) electrons. The summed E-state index contributed by atoms with van der Waals surface area (Å²) in [6, 6.07) is 0.643. The van der Waals surface area contributed by atoms with Gasteiger partial charge in [-0.1, -0.05) is 27.2 Å². The number of unbranched alkanes of at least 4 members (excludes halogenated alkanes) is 2. The van der Waals surface area contributed by atoms with Gasteiger partial charge in [0, 0.05) is 12.6 Å². The molecule has 1 heterocycles. The first-order valence-corrected chi connectivity index (χ1v) is 6.64. The number of likely N-dealkylation sites (tertiary alicyclic amines) is 1. The minimum absolute atomic E-state index is 0.643. The average molecular weight is 212 g/mol. The van der Waals surface area contributed by atoms with Crippen molar-refractivity contribution in [3.05, 3.63) is 0 Å². The first-order chi connectivity index (χ1) is 7.18. The van der Waals surface area contributed by atoms with Crippen LogP contribution >= 0.6 is 0 Å². The van der Waals surface area contributed by atoms with E-state index in [9.17, 15) is 0 Å². The van der Waals surface area contributed by atoms with E-state index in [0.717, 1.165) is 5.92 Å². The van der Waals surface area contributed by atoms with E-state index in [1.807, 2.05) is 0 Å². The summed E-state index contributed by atoms with van der Waals surface area (Å²) in [6.07, 6.45) is 5.51. The van der Waals surface area contributed by atoms with Crippen molar-refractivity contribution in [2.45, 2.75) is 52.5 Å². The monoisotopic (exact) mass is 212 g/mol. The number of nitrogens with one attached hydrogen (secondary N) is 1. The molecule has 0 saturated carbocycles. The Labute approximate surface area is 95.4 Å². The molecule has 90 valence electrons. The molecular weight excluding hydrogens is 184 g/mol. The molecule has 15 heavy (non-hydrogen) atoms. The molecule has 0 aromatic heterocycles. The van der Waals surface area contributed by atoms with Crippen LogP contribution in [0.4, 0.5) is 0 Å². The summed E-state index contributed by atoms with van der Waals surface area (Å²) in [6.45, 7) is 12.0. The fraction of sp³-hybridized carbons (Fsp3) is 1.00.